The molecule has 0 radical (unpaired) electrons. The Bertz CT molecular complexity index is 1010. The summed E-state index contributed by atoms with van der Waals surface area (Å²) in [5.74, 6) is -2.67. The summed E-state index contributed by atoms with van der Waals surface area (Å²) in [6, 6.07) is 11.5. The summed E-state index contributed by atoms with van der Waals surface area (Å²) in [5.41, 5.74) is 2.40. The molecule has 2 heterocycles. The molecule has 1 fully saturated rings. The van der Waals surface area contributed by atoms with Gasteiger partial charge in [-0.3, -0.25) is 4.90 Å². The Morgan fingerprint density at radius 3 is 2.31 bits per heavy atom. The predicted octanol–water partition coefficient (Wildman–Crippen LogP) is 4.19. The van der Waals surface area contributed by atoms with Crippen LogP contribution in [-0.4, -0.2) is 65.2 Å². The quantitative estimate of drug-likeness (QED) is 0.640. The molecule has 1 atom stereocenters. The number of benzene rings is 2. The molecule has 6 nitrogen and oxygen atoms in total. The second kappa shape index (κ2) is 11.0. The van der Waals surface area contributed by atoms with Crippen molar-refractivity contribution in [3.63, 3.8) is 0 Å². The number of aliphatic carboxylic acids is 2. The van der Waals surface area contributed by atoms with E-state index in [-0.39, 0.29) is 11.9 Å². The van der Waals surface area contributed by atoms with Crippen molar-refractivity contribution < 1.29 is 24.2 Å². The Morgan fingerprint density at radius 2 is 1.69 bits per heavy atom. The summed E-state index contributed by atoms with van der Waals surface area (Å²) in [6.07, 6.45) is 2.02. The van der Waals surface area contributed by atoms with Gasteiger partial charge in [0.15, 0.2) is 0 Å². The summed E-state index contributed by atoms with van der Waals surface area (Å²) < 4.78 is 14.0. The largest absolute Gasteiger partial charge is 0.478 e. The number of fused-ring (bicyclic) bond motifs is 2. The van der Waals surface area contributed by atoms with Gasteiger partial charge in [0.25, 0.3) is 0 Å². The molecule has 0 aromatic heterocycles. The van der Waals surface area contributed by atoms with Crippen molar-refractivity contribution in [2.75, 3.05) is 33.2 Å². The molecule has 2 aliphatic heterocycles. The second-order valence-corrected chi connectivity index (χ2v) is 9.13. The molecule has 0 aliphatic carbocycles. The van der Waals surface area contributed by atoms with E-state index in [1.807, 2.05) is 18.2 Å². The van der Waals surface area contributed by atoms with Gasteiger partial charge < -0.3 is 15.1 Å². The van der Waals surface area contributed by atoms with Crippen molar-refractivity contribution in [2.45, 2.75) is 22.3 Å². The van der Waals surface area contributed by atoms with Gasteiger partial charge in [0.2, 0.25) is 0 Å². The highest BCUT2D eigenvalue weighted by molar-refractivity contribution is 7.99. The fraction of sp³-hybridized carbons (Fsp3) is 0.304. The van der Waals surface area contributed by atoms with Gasteiger partial charge in [0.1, 0.15) is 5.82 Å². The average molecular weight is 479 g/mol. The third-order valence-corrected chi connectivity index (χ3v) is 6.77. The zero-order valence-corrected chi connectivity index (χ0v) is 19.1. The van der Waals surface area contributed by atoms with Crippen molar-refractivity contribution in [2.24, 2.45) is 0 Å². The Kier molecular flexibility index (Phi) is 8.31. The van der Waals surface area contributed by atoms with Gasteiger partial charge in [-0.2, -0.15) is 0 Å². The fourth-order valence-corrected chi connectivity index (χ4v) is 5.09. The normalized spacial score (nSPS) is 18.8. The van der Waals surface area contributed by atoms with Crippen molar-refractivity contribution >= 4 is 35.3 Å². The molecule has 4 rings (SSSR count). The lowest BCUT2D eigenvalue weighted by molar-refractivity contribution is -0.134. The minimum Gasteiger partial charge on any atom is -0.478 e. The molecule has 1 unspecified atom stereocenters. The summed E-state index contributed by atoms with van der Waals surface area (Å²) in [7, 11) is 2.16. The zero-order valence-electron chi connectivity index (χ0n) is 17.5. The standard InChI is InChI=1S/C19H20ClFN2S.C4H4O4/c1-22-6-8-23(9-7-22)17-10-13-2-3-14(20)11-19(13)24-18-5-4-15(21)12-16(17)18;5-3(6)1-2-4(7)8/h2-5,11-12,17H,6-10H2,1H3;1-2H,(H,5,6)(H,7,8)/b;2-1-. The maximum absolute atomic E-state index is 14.0. The van der Waals surface area contributed by atoms with E-state index < -0.39 is 11.9 Å². The maximum atomic E-state index is 14.0. The van der Waals surface area contributed by atoms with Gasteiger partial charge in [0, 0.05) is 59.2 Å². The van der Waals surface area contributed by atoms with Crippen LogP contribution in [0.3, 0.4) is 0 Å². The van der Waals surface area contributed by atoms with Crippen molar-refractivity contribution in [1.82, 2.24) is 9.80 Å². The topological polar surface area (TPSA) is 81.1 Å². The van der Waals surface area contributed by atoms with E-state index in [4.69, 9.17) is 21.8 Å². The third-order valence-electron chi connectivity index (χ3n) is 5.34. The molecule has 0 amide bonds. The maximum Gasteiger partial charge on any atom is 0.328 e. The van der Waals surface area contributed by atoms with E-state index in [9.17, 15) is 14.0 Å². The molecular weight excluding hydrogens is 455 g/mol. The smallest absolute Gasteiger partial charge is 0.328 e. The number of carboxylic acids is 2. The number of carboxylic acid groups (broad SMARTS) is 2. The molecule has 32 heavy (non-hydrogen) atoms. The highest BCUT2D eigenvalue weighted by atomic mass is 35.5. The van der Waals surface area contributed by atoms with Crippen molar-refractivity contribution in [3.8, 4) is 0 Å². The number of likely N-dealkylation sites (N-methyl/N-ethyl adjacent to an activating group) is 1. The van der Waals surface area contributed by atoms with Gasteiger partial charge >= 0.3 is 11.9 Å². The molecule has 0 saturated carbocycles. The lowest BCUT2D eigenvalue weighted by Crippen LogP contribution is -2.46. The Balaban J connectivity index is 0.000000312. The monoisotopic (exact) mass is 478 g/mol. The molecule has 2 aromatic carbocycles. The Labute approximate surface area is 195 Å². The van der Waals surface area contributed by atoms with Crippen LogP contribution in [0.25, 0.3) is 0 Å². The van der Waals surface area contributed by atoms with Crippen LogP contribution in [-0.2, 0) is 16.0 Å². The number of carbonyl (C=O) groups is 2. The SMILES string of the molecule is CN1CCN(C2Cc3ccc(Cl)cc3Sc3ccc(F)cc32)CC1.O=C(O)/C=C\C(=O)O. The molecular formula is C23H24ClFN2O4S. The summed E-state index contributed by atoms with van der Waals surface area (Å²) in [4.78, 5) is 26.3. The van der Waals surface area contributed by atoms with Crippen LogP contribution in [0.2, 0.25) is 5.02 Å². The first-order valence-electron chi connectivity index (χ1n) is 10.0. The lowest BCUT2D eigenvalue weighted by atomic mass is 9.96. The van der Waals surface area contributed by atoms with E-state index in [2.05, 4.69) is 22.9 Å². The Hall–Kier alpha value is -2.39. The van der Waals surface area contributed by atoms with E-state index in [1.54, 1.807) is 23.9 Å². The molecule has 170 valence electrons. The first kappa shape index (κ1) is 24.3. The van der Waals surface area contributed by atoms with Crippen LogP contribution < -0.4 is 0 Å². The molecule has 2 aromatic rings. The summed E-state index contributed by atoms with van der Waals surface area (Å²) in [5, 5.41) is 16.4. The van der Waals surface area contributed by atoms with Gasteiger partial charge in [-0.1, -0.05) is 29.4 Å². The fourth-order valence-electron chi connectivity index (χ4n) is 3.70. The lowest BCUT2D eigenvalue weighted by Gasteiger charge is -2.38. The van der Waals surface area contributed by atoms with E-state index in [0.717, 1.165) is 48.1 Å². The molecule has 0 spiro atoms. The molecule has 2 aliphatic rings. The number of hydrogen-bond donors (Lipinski definition) is 2. The van der Waals surface area contributed by atoms with Crippen molar-refractivity contribution in [3.05, 3.63) is 70.5 Å². The highest BCUT2D eigenvalue weighted by Crippen LogP contribution is 2.44. The van der Waals surface area contributed by atoms with Crippen LogP contribution in [0.4, 0.5) is 4.39 Å². The molecule has 2 N–H and O–H groups in total. The zero-order chi connectivity index (χ0) is 23.3. The number of nitrogens with zero attached hydrogens (tertiary/aromatic N) is 2. The van der Waals surface area contributed by atoms with Gasteiger partial charge in [-0.25, -0.2) is 14.0 Å². The molecule has 9 heteroatoms. The Morgan fingerprint density at radius 1 is 1.03 bits per heavy atom. The van der Waals surface area contributed by atoms with Crippen LogP contribution in [0.1, 0.15) is 17.2 Å². The van der Waals surface area contributed by atoms with E-state index in [1.165, 1.54) is 10.5 Å². The first-order valence-corrected chi connectivity index (χ1v) is 11.2. The number of halogens is 2. The van der Waals surface area contributed by atoms with Crippen molar-refractivity contribution in [1.29, 1.82) is 0 Å². The minimum atomic E-state index is -1.26. The number of hydrogen-bond acceptors (Lipinski definition) is 5. The minimum absolute atomic E-state index is 0.155. The van der Waals surface area contributed by atoms with E-state index in [0.29, 0.717) is 12.2 Å². The van der Waals surface area contributed by atoms with E-state index >= 15 is 0 Å². The van der Waals surface area contributed by atoms with Crippen LogP contribution >= 0.6 is 23.4 Å². The highest BCUT2D eigenvalue weighted by Gasteiger charge is 2.29. The molecule has 0 bridgehead atoms. The number of rotatable bonds is 3. The second-order valence-electron chi connectivity index (χ2n) is 7.61. The van der Waals surface area contributed by atoms with Crippen LogP contribution in [0.5, 0.6) is 0 Å². The van der Waals surface area contributed by atoms with Gasteiger partial charge in [-0.15, -0.1) is 0 Å². The molecule has 1 saturated heterocycles. The summed E-state index contributed by atoms with van der Waals surface area (Å²) in [6.45, 7) is 4.15. The van der Waals surface area contributed by atoms with Crippen LogP contribution in [0, 0.1) is 5.82 Å². The first-order chi connectivity index (χ1) is 15.2. The predicted molar refractivity (Wildman–Crippen MR) is 122 cm³/mol. The van der Waals surface area contributed by atoms with Gasteiger partial charge in [0.05, 0.1) is 0 Å². The van der Waals surface area contributed by atoms with Gasteiger partial charge in [-0.05, 0) is 54.9 Å². The summed E-state index contributed by atoms with van der Waals surface area (Å²) >= 11 is 7.90. The number of piperazine rings is 1. The van der Waals surface area contributed by atoms with Crippen LogP contribution in [0.15, 0.2) is 58.3 Å². The average Bonchev–Trinajstić information content (AvgIpc) is 2.89. The third kappa shape index (κ3) is 6.56.